The van der Waals surface area contributed by atoms with Gasteiger partial charge in [0.15, 0.2) is 0 Å². The van der Waals surface area contributed by atoms with E-state index in [1.807, 2.05) is 6.07 Å². The summed E-state index contributed by atoms with van der Waals surface area (Å²) >= 11 is 6.49. The summed E-state index contributed by atoms with van der Waals surface area (Å²) in [7, 11) is 2.17. The van der Waals surface area contributed by atoms with Crippen LogP contribution >= 0.6 is 11.6 Å². The second-order valence-corrected chi connectivity index (χ2v) is 8.26. The molecule has 0 atom stereocenters. The smallest absolute Gasteiger partial charge is 0.256 e. The number of carbonyl (C=O) groups is 1. The Morgan fingerprint density at radius 3 is 2.52 bits per heavy atom. The molecular weight excluding hydrogens is 363 g/mol. The van der Waals surface area contributed by atoms with Crippen LogP contribution in [0.15, 0.2) is 36.4 Å². The predicted molar refractivity (Wildman–Crippen MR) is 105 cm³/mol. The summed E-state index contributed by atoms with van der Waals surface area (Å²) in [5.41, 5.74) is 3.79. The zero-order chi connectivity index (χ0) is 19.0. The van der Waals surface area contributed by atoms with Crippen molar-refractivity contribution in [3.63, 3.8) is 0 Å². The Labute approximate surface area is 164 Å². The van der Waals surface area contributed by atoms with Gasteiger partial charge in [-0.25, -0.2) is 4.39 Å². The van der Waals surface area contributed by atoms with Gasteiger partial charge in [-0.3, -0.25) is 4.79 Å². The Bertz CT molecular complexity index is 844. The molecule has 0 N–H and O–H groups in total. The van der Waals surface area contributed by atoms with Crippen molar-refractivity contribution >= 4 is 17.5 Å². The molecule has 1 fully saturated rings. The molecule has 2 heterocycles. The Morgan fingerprint density at radius 1 is 1.11 bits per heavy atom. The van der Waals surface area contributed by atoms with E-state index in [1.165, 1.54) is 30.5 Å². The van der Waals surface area contributed by atoms with Crippen LogP contribution in [0.2, 0.25) is 5.02 Å². The summed E-state index contributed by atoms with van der Waals surface area (Å²) in [6, 6.07) is 10.4. The number of carbonyl (C=O) groups excluding carboxylic acids is 1. The van der Waals surface area contributed by atoms with Crippen LogP contribution in [0.4, 0.5) is 4.39 Å². The summed E-state index contributed by atoms with van der Waals surface area (Å²) < 4.78 is 13.1. The molecule has 0 radical (unpaired) electrons. The lowest BCUT2D eigenvalue weighted by Gasteiger charge is -2.29. The van der Waals surface area contributed by atoms with Crippen LogP contribution in [0, 0.1) is 11.7 Å². The number of hydrogen-bond donors (Lipinski definition) is 0. The maximum absolute atomic E-state index is 13.1. The lowest BCUT2D eigenvalue weighted by molar-refractivity contribution is 0.0767. The molecule has 142 valence electrons. The topological polar surface area (TPSA) is 23.6 Å². The average Bonchev–Trinajstić information content (AvgIpc) is 2.95. The highest BCUT2D eigenvalue weighted by Gasteiger charge is 2.30. The molecule has 0 aromatic heterocycles. The van der Waals surface area contributed by atoms with E-state index in [4.69, 9.17) is 11.6 Å². The maximum Gasteiger partial charge on any atom is 0.256 e. The third-order valence-corrected chi connectivity index (χ3v) is 6.04. The Morgan fingerprint density at radius 2 is 1.81 bits per heavy atom. The largest absolute Gasteiger partial charge is 0.330 e. The van der Waals surface area contributed by atoms with E-state index in [-0.39, 0.29) is 11.7 Å². The van der Waals surface area contributed by atoms with Crippen LogP contribution in [-0.4, -0.2) is 35.8 Å². The SMILES string of the molecule is CN1CCC(Cc2cc(Cl)c3c(c2)CN(Cc2ccc(F)cc2)C3=O)CC1. The highest BCUT2D eigenvalue weighted by Crippen LogP contribution is 2.33. The van der Waals surface area contributed by atoms with Gasteiger partial charge in [0.2, 0.25) is 0 Å². The first-order chi connectivity index (χ1) is 13.0. The van der Waals surface area contributed by atoms with Gasteiger partial charge in [-0.1, -0.05) is 29.8 Å². The number of amides is 1. The first-order valence-corrected chi connectivity index (χ1v) is 9.91. The number of fused-ring (bicyclic) bond motifs is 1. The van der Waals surface area contributed by atoms with Crippen LogP contribution in [0.1, 0.15) is 39.9 Å². The van der Waals surface area contributed by atoms with Crippen LogP contribution < -0.4 is 0 Å². The van der Waals surface area contributed by atoms with E-state index >= 15 is 0 Å². The molecule has 0 bridgehead atoms. The van der Waals surface area contributed by atoms with Crippen molar-refractivity contribution in [2.45, 2.75) is 32.4 Å². The minimum atomic E-state index is -0.267. The van der Waals surface area contributed by atoms with Gasteiger partial charge < -0.3 is 9.80 Å². The molecule has 0 saturated carbocycles. The van der Waals surface area contributed by atoms with Crippen molar-refractivity contribution < 1.29 is 9.18 Å². The third kappa shape index (κ3) is 4.02. The zero-order valence-corrected chi connectivity index (χ0v) is 16.3. The molecule has 0 aliphatic carbocycles. The van der Waals surface area contributed by atoms with E-state index in [2.05, 4.69) is 18.0 Å². The molecule has 3 nitrogen and oxygen atoms in total. The van der Waals surface area contributed by atoms with Gasteiger partial charge in [0.25, 0.3) is 5.91 Å². The van der Waals surface area contributed by atoms with Gasteiger partial charge in [-0.2, -0.15) is 0 Å². The number of piperidine rings is 1. The third-order valence-electron chi connectivity index (χ3n) is 5.74. The van der Waals surface area contributed by atoms with E-state index in [0.717, 1.165) is 30.6 Å². The molecule has 0 unspecified atom stereocenters. The first kappa shape index (κ1) is 18.5. The zero-order valence-electron chi connectivity index (χ0n) is 15.5. The Balaban J connectivity index is 1.49. The van der Waals surface area contributed by atoms with Gasteiger partial charge in [0.05, 0.1) is 10.6 Å². The molecule has 0 spiro atoms. The minimum absolute atomic E-state index is 0.0369. The van der Waals surface area contributed by atoms with Gasteiger partial charge in [0, 0.05) is 13.1 Å². The lowest BCUT2D eigenvalue weighted by atomic mass is 9.89. The van der Waals surface area contributed by atoms with Gasteiger partial charge >= 0.3 is 0 Å². The van der Waals surface area contributed by atoms with Gasteiger partial charge in [-0.05, 0) is 80.2 Å². The lowest BCUT2D eigenvalue weighted by Crippen LogP contribution is -2.30. The molecule has 2 aromatic carbocycles. The van der Waals surface area contributed by atoms with Crippen LogP contribution in [0.25, 0.3) is 0 Å². The fraction of sp³-hybridized carbons (Fsp3) is 0.409. The monoisotopic (exact) mass is 386 g/mol. The number of rotatable bonds is 4. The van der Waals surface area contributed by atoms with Gasteiger partial charge in [-0.15, -0.1) is 0 Å². The van der Waals surface area contributed by atoms with E-state index < -0.39 is 0 Å². The van der Waals surface area contributed by atoms with Crippen molar-refractivity contribution in [2.24, 2.45) is 5.92 Å². The maximum atomic E-state index is 13.1. The van der Waals surface area contributed by atoms with E-state index in [0.29, 0.717) is 29.6 Å². The molecule has 2 aliphatic rings. The quantitative estimate of drug-likeness (QED) is 0.771. The molecule has 2 aromatic rings. The summed E-state index contributed by atoms with van der Waals surface area (Å²) in [6.45, 7) is 3.32. The van der Waals surface area contributed by atoms with Crippen LogP contribution in [-0.2, 0) is 19.5 Å². The van der Waals surface area contributed by atoms with Crippen molar-refractivity contribution in [3.05, 3.63) is 69.5 Å². The minimum Gasteiger partial charge on any atom is -0.330 e. The highest BCUT2D eigenvalue weighted by atomic mass is 35.5. The second-order valence-electron chi connectivity index (χ2n) is 7.85. The highest BCUT2D eigenvalue weighted by molar-refractivity contribution is 6.34. The summed E-state index contributed by atoms with van der Waals surface area (Å²) in [5.74, 6) is 0.379. The number of benzene rings is 2. The van der Waals surface area contributed by atoms with E-state index in [9.17, 15) is 9.18 Å². The average molecular weight is 387 g/mol. The summed E-state index contributed by atoms with van der Waals surface area (Å²) in [4.78, 5) is 16.9. The van der Waals surface area contributed by atoms with Crippen LogP contribution in [0.3, 0.4) is 0 Å². The molecule has 1 amide bonds. The van der Waals surface area contributed by atoms with Crippen molar-refractivity contribution in [1.82, 2.24) is 9.80 Å². The molecule has 5 heteroatoms. The molecule has 4 rings (SSSR count). The predicted octanol–water partition coefficient (Wildman–Crippen LogP) is 4.52. The molecule has 1 saturated heterocycles. The van der Waals surface area contributed by atoms with Gasteiger partial charge in [0.1, 0.15) is 5.82 Å². The standard InChI is InChI=1S/C22H24ClFN2O/c1-25-8-6-15(7-9-25)10-17-11-18-14-26(22(27)21(18)20(23)12-17)13-16-2-4-19(24)5-3-16/h2-5,11-12,15H,6-10,13-14H2,1H3. The normalized spacial score (nSPS) is 18.2. The number of likely N-dealkylation sites (tertiary alicyclic amines) is 1. The Kier molecular flexibility index (Phi) is 5.20. The van der Waals surface area contributed by atoms with E-state index in [1.54, 1.807) is 17.0 Å². The summed E-state index contributed by atoms with van der Waals surface area (Å²) in [5, 5.41) is 0.557. The van der Waals surface area contributed by atoms with Crippen molar-refractivity contribution in [1.29, 1.82) is 0 Å². The fourth-order valence-corrected chi connectivity index (χ4v) is 4.52. The molecule has 2 aliphatic heterocycles. The molecule has 27 heavy (non-hydrogen) atoms. The van der Waals surface area contributed by atoms with Crippen molar-refractivity contribution in [2.75, 3.05) is 20.1 Å². The van der Waals surface area contributed by atoms with Crippen LogP contribution in [0.5, 0.6) is 0 Å². The molecular formula is C22H24ClFN2O. The fourth-order valence-electron chi connectivity index (χ4n) is 4.18. The number of hydrogen-bond acceptors (Lipinski definition) is 2. The first-order valence-electron chi connectivity index (χ1n) is 9.53. The number of nitrogens with zero attached hydrogens (tertiary/aromatic N) is 2. The second kappa shape index (κ2) is 7.61. The Hall–Kier alpha value is -1.91. The van der Waals surface area contributed by atoms with Crippen molar-refractivity contribution in [3.8, 4) is 0 Å². The number of halogens is 2. The summed E-state index contributed by atoms with van der Waals surface area (Å²) in [6.07, 6.45) is 3.44.